The smallest absolute Gasteiger partial charge is 0.214 e. The van der Waals surface area contributed by atoms with Crippen LogP contribution in [0.3, 0.4) is 0 Å². The summed E-state index contributed by atoms with van der Waals surface area (Å²) in [6, 6.07) is 8.62. The molecule has 1 saturated carbocycles. The van der Waals surface area contributed by atoms with Crippen molar-refractivity contribution in [2.75, 3.05) is 26.4 Å². The summed E-state index contributed by atoms with van der Waals surface area (Å²) in [7, 11) is 0.0314. The van der Waals surface area contributed by atoms with Gasteiger partial charge in [0.15, 0.2) is 0 Å². The highest BCUT2D eigenvalue weighted by atomic mass is 32.2. The highest BCUT2D eigenvalue weighted by Gasteiger charge is 2.22. The van der Waals surface area contributed by atoms with Crippen LogP contribution in [0.2, 0.25) is 0 Å². The molecule has 1 aliphatic rings. The van der Waals surface area contributed by atoms with Crippen molar-refractivity contribution < 1.29 is 8.42 Å². The van der Waals surface area contributed by atoms with Crippen molar-refractivity contribution in [2.45, 2.75) is 25.3 Å². The van der Waals surface area contributed by atoms with Crippen LogP contribution in [-0.2, 0) is 16.6 Å². The molecule has 0 radical (unpaired) electrons. The Bertz CT molecular complexity index is 505. The fraction of sp³-hybridized carbons (Fsp3) is 0.571. The van der Waals surface area contributed by atoms with Gasteiger partial charge in [-0.2, -0.15) is 0 Å². The van der Waals surface area contributed by atoms with Gasteiger partial charge < -0.3 is 5.32 Å². The molecular formula is C14H22N2O2S. The quantitative estimate of drug-likeness (QED) is 0.772. The zero-order valence-electron chi connectivity index (χ0n) is 11.6. The molecule has 1 aromatic rings. The van der Waals surface area contributed by atoms with Gasteiger partial charge in [-0.05, 0) is 29.9 Å². The lowest BCUT2D eigenvalue weighted by Gasteiger charge is -2.11. The Balaban J connectivity index is 1.73. The van der Waals surface area contributed by atoms with Crippen LogP contribution in [0.25, 0.3) is 0 Å². The average molecular weight is 282 g/mol. The van der Waals surface area contributed by atoms with E-state index in [1.54, 1.807) is 14.1 Å². The van der Waals surface area contributed by atoms with Gasteiger partial charge in [0.1, 0.15) is 0 Å². The molecule has 0 spiro atoms. The van der Waals surface area contributed by atoms with E-state index in [-0.39, 0.29) is 5.75 Å². The van der Waals surface area contributed by atoms with E-state index in [4.69, 9.17) is 0 Å². The predicted molar refractivity (Wildman–Crippen MR) is 77.6 cm³/mol. The predicted octanol–water partition coefficient (Wildman–Crippen LogP) is 1.55. The fourth-order valence-electron chi connectivity index (χ4n) is 1.94. The van der Waals surface area contributed by atoms with Crippen molar-refractivity contribution in [3.05, 3.63) is 35.4 Å². The number of sulfonamides is 1. The van der Waals surface area contributed by atoms with Crippen LogP contribution in [0.1, 0.15) is 29.9 Å². The average Bonchev–Trinajstić information content (AvgIpc) is 3.19. The first kappa shape index (κ1) is 14.5. The van der Waals surface area contributed by atoms with Crippen molar-refractivity contribution in [2.24, 2.45) is 0 Å². The monoisotopic (exact) mass is 282 g/mol. The van der Waals surface area contributed by atoms with Crippen LogP contribution in [-0.4, -0.2) is 39.1 Å². The van der Waals surface area contributed by atoms with Gasteiger partial charge in [-0.3, -0.25) is 0 Å². The summed E-state index contributed by atoms with van der Waals surface area (Å²) in [4.78, 5) is 0. The molecule has 0 bridgehead atoms. The fourth-order valence-corrected chi connectivity index (χ4v) is 2.71. The van der Waals surface area contributed by atoms with Gasteiger partial charge in [-0.1, -0.05) is 24.3 Å². The lowest BCUT2D eigenvalue weighted by molar-refractivity contribution is 0.517. The molecule has 5 heteroatoms. The Labute approximate surface area is 115 Å². The van der Waals surface area contributed by atoms with Crippen molar-refractivity contribution in [1.82, 2.24) is 9.62 Å². The molecule has 0 heterocycles. The zero-order valence-corrected chi connectivity index (χ0v) is 12.4. The van der Waals surface area contributed by atoms with Gasteiger partial charge >= 0.3 is 0 Å². The summed E-state index contributed by atoms with van der Waals surface area (Å²) in [6.07, 6.45) is 2.64. The first-order valence-corrected chi connectivity index (χ1v) is 8.30. The second kappa shape index (κ2) is 6.03. The molecule has 0 aromatic heterocycles. The molecule has 0 amide bonds. The number of rotatable bonds is 7. The number of benzene rings is 1. The maximum absolute atomic E-state index is 11.6. The maximum atomic E-state index is 11.6. The van der Waals surface area contributed by atoms with Gasteiger partial charge in [0.25, 0.3) is 0 Å². The minimum absolute atomic E-state index is 0.139. The molecule has 0 saturated heterocycles. The maximum Gasteiger partial charge on any atom is 0.214 e. The summed E-state index contributed by atoms with van der Waals surface area (Å²) in [5.41, 5.74) is 2.63. The molecule has 2 rings (SSSR count). The second-order valence-corrected chi connectivity index (χ2v) is 7.59. The van der Waals surface area contributed by atoms with Crippen LogP contribution in [0, 0.1) is 0 Å². The van der Waals surface area contributed by atoms with Crippen molar-refractivity contribution in [3.8, 4) is 0 Å². The van der Waals surface area contributed by atoms with Crippen molar-refractivity contribution in [3.63, 3.8) is 0 Å². The SMILES string of the molecule is CN(C)S(=O)(=O)CCNCc1ccc(C2CC2)cc1. The first-order chi connectivity index (χ1) is 8.99. The highest BCUT2D eigenvalue weighted by Crippen LogP contribution is 2.39. The summed E-state index contributed by atoms with van der Waals surface area (Å²) >= 11 is 0. The number of nitrogens with zero attached hydrogens (tertiary/aromatic N) is 1. The van der Waals surface area contributed by atoms with E-state index in [9.17, 15) is 8.42 Å². The van der Waals surface area contributed by atoms with E-state index >= 15 is 0 Å². The number of hydrogen-bond donors (Lipinski definition) is 1. The summed E-state index contributed by atoms with van der Waals surface area (Å²) < 4.78 is 24.4. The van der Waals surface area contributed by atoms with Crippen molar-refractivity contribution >= 4 is 10.0 Å². The van der Waals surface area contributed by atoms with Gasteiger partial charge in [0.2, 0.25) is 10.0 Å². The van der Waals surface area contributed by atoms with E-state index in [1.807, 2.05) is 0 Å². The van der Waals surface area contributed by atoms with Crippen LogP contribution < -0.4 is 5.32 Å². The normalized spacial score (nSPS) is 15.9. The molecule has 106 valence electrons. The topological polar surface area (TPSA) is 49.4 Å². The third-order valence-corrected chi connectivity index (χ3v) is 5.28. The van der Waals surface area contributed by atoms with Crippen molar-refractivity contribution in [1.29, 1.82) is 0 Å². The van der Waals surface area contributed by atoms with Gasteiger partial charge in [0, 0.05) is 27.2 Å². The van der Waals surface area contributed by atoms with E-state index in [0.717, 1.165) is 5.92 Å². The van der Waals surface area contributed by atoms with Gasteiger partial charge in [-0.15, -0.1) is 0 Å². The lowest BCUT2D eigenvalue weighted by atomic mass is 10.1. The standard InChI is InChI=1S/C14H22N2O2S/c1-16(2)19(17,18)10-9-15-11-12-3-5-13(6-4-12)14-7-8-14/h3-6,14-15H,7-11H2,1-2H3. The molecule has 19 heavy (non-hydrogen) atoms. The van der Waals surface area contributed by atoms with Crippen LogP contribution >= 0.6 is 0 Å². The Hall–Kier alpha value is -0.910. The molecule has 0 atom stereocenters. The Kier molecular flexibility index (Phi) is 4.60. The highest BCUT2D eigenvalue weighted by molar-refractivity contribution is 7.89. The Morgan fingerprint density at radius 3 is 2.37 bits per heavy atom. The molecule has 4 nitrogen and oxygen atoms in total. The number of nitrogens with one attached hydrogen (secondary N) is 1. The molecule has 1 fully saturated rings. The van der Waals surface area contributed by atoms with E-state index in [2.05, 4.69) is 29.6 Å². The molecular weight excluding hydrogens is 260 g/mol. The van der Waals surface area contributed by atoms with E-state index in [0.29, 0.717) is 13.1 Å². The van der Waals surface area contributed by atoms with Crippen LogP contribution in [0.15, 0.2) is 24.3 Å². The third-order valence-electron chi connectivity index (χ3n) is 3.45. The van der Waals surface area contributed by atoms with E-state index < -0.39 is 10.0 Å². The largest absolute Gasteiger partial charge is 0.312 e. The van der Waals surface area contributed by atoms with Crippen LogP contribution in [0.5, 0.6) is 0 Å². The summed E-state index contributed by atoms with van der Waals surface area (Å²) in [6.45, 7) is 1.19. The molecule has 0 aliphatic heterocycles. The molecule has 1 N–H and O–H groups in total. The van der Waals surface area contributed by atoms with Gasteiger partial charge in [0.05, 0.1) is 5.75 Å². The summed E-state index contributed by atoms with van der Waals surface area (Å²) in [5.74, 6) is 0.924. The van der Waals surface area contributed by atoms with E-state index in [1.165, 1.54) is 28.3 Å². The van der Waals surface area contributed by atoms with Crippen LogP contribution in [0.4, 0.5) is 0 Å². The third kappa shape index (κ3) is 4.30. The Morgan fingerprint density at radius 1 is 1.21 bits per heavy atom. The second-order valence-electron chi connectivity index (χ2n) is 5.29. The molecule has 1 aliphatic carbocycles. The Morgan fingerprint density at radius 2 is 1.84 bits per heavy atom. The lowest BCUT2D eigenvalue weighted by Crippen LogP contribution is -2.30. The molecule has 1 aromatic carbocycles. The zero-order chi connectivity index (χ0) is 13.9. The minimum Gasteiger partial charge on any atom is -0.312 e. The first-order valence-electron chi connectivity index (χ1n) is 6.69. The summed E-state index contributed by atoms with van der Waals surface area (Å²) in [5, 5.41) is 3.17. The minimum atomic E-state index is -3.09. The van der Waals surface area contributed by atoms with Gasteiger partial charge in [-0.25, -0.2) is 12.7 Å². The molecule has 0 unspecified atom stereocenters. The number of hydrogen-bond acceptors (Lipinski definition) is 3.